The van der Waals surface area contributed by atoms with Gasteiger partial charge in [-0.15, -0.1) is 0 Å². The fourth-order valence-electron chi connectivity index (χ4n) is 3.08. The number of hydrogen-bond acceptors (Lipinski definition) is 3. The minimum atomic E-state index is -0.292. The topological polar surface area (TPSA) is 68.8 Å². The van der Waals surface area contributed by atoms with Gasteiger partial charge < -0.3 is 16.0 Å². The van der Waals surface area contributed by atoms with Crippen LogP contribution in [0.25, 0.3) is 0 Å². The molecule has 1 fully saturated rings. The number of rotatable bonds is 7. The Kier molecular flexibility index (Phi) is 8.81. The number of carbonyl (C=O) groups is 1. The quantitative estimate of drug-likeness (QED) is 0.484. The van der Waals surface area contributed by atoms with Crippen molar-refractivity contribution in [3.05, 3.63) is 34.6 Å². The average molecular weight is 398 g/mol. The van der Waals surface area contributed by atoms with Crippen LogP contribution >= 0.6 is 11.6 Å². The van der Waals surface area contributed by atoms with Crippen LogP contribution in [-0.4, -0.2) is 62.6 Å². The van der Waals surface area contributed by atoms with E-state index in [1.807, 2.05) is 6.92 Å². The van der Waals surface area contributed by atoms with Crippen molar-refractivity contribution in [2.45, 2.75) is 32.2 Å². The monoisotopic (exact) mass is 397 g/mol. The third-order valence-corrected chi connectivity index (χ3v) is 4.97. The molecule has 0 unspecified atom stereocenters. The van der Waals surface area contributed by atoms with Gasteiger partial charge in [0.25, 0.3) is 0 Å². The average Bonchev–Trinajstić information content (AvgIpc) is 2.65. The third kappa shape index (κ3) is 6.99. The van der Waals surface area contributed by atoms with Crippen molar-refractivity contribution in [3.8, 4) is 0 Å². The summed E-state index contributed by atoms with van der Waals surface area (Å²) >= 11 is 6.07. The summed E-state index contributed by atoms with van der Waals surface area (Å²) in [6, 6.07) is 5.02. The van der Waals surface area contributed by atoms with E-state index in [1.54, 1.807) is 19.2 Å². The number of guanidine groups is 1. The number of hydrogen-bond donors (Lipinski definition) is 3. The van der Waals surface area contributed by atoms with Gasteiger partial charge in [-0.3, -0.25) is 14.7 Å². The summed E-state index contributed by atoms with van der Waals surface area (Å²) in [7, 11) is 1.66. The number of benzene rings is 1. The summed E-state index contributed by atoms with van der Waals surface area (Å²) < 4.78 is 13.9. The largest absolute Gasteiger partial charge is 0.358 e. The molecule has 3 N–H and O–H groups in total. The molecule has 6 nitrogen and oxygen atoms in total. The molecule has 8 heteroatoms. The van der Waals surface area contributed by atoms with Crippen LogP contribution in [0.1, 0.15) is 25.3 Å². The standard InChI is InChI=1S/C19H29ClFN5O/c1-3-23-19(24-10-7-15-16(20)5-4-6-17(15)21)25-14-8-11-26(12-9-14)13-18(27)22-2/h4-6,14H,3,7-13H2,1-2H3,(H,22,27)(H2,23,24,25). The molecular formula is C19H29ClFN5O. The zero-order chi connectivity index (χ0) is 19.6. The van der Waals surface area contributed by atoms with Gasteiger partial charge in [-0.05, 0) is 38.3 Å². The zero-order valence-corrected chi connectivity index (χ0v) is 16.8. The van der Waals surface area contributed by atoms with Gasteiger partial charge in [-0.25, -0.2) is 4.39 Å². The number of likely N-dealkylation sites (tertiary alicyclic amines) is 1. The first-order valence-corrected chi connectivity index (χ1v) is 9.82. The van der Waals surface area contributed by atoms with Gasteiger partial charge in [0.1, 0.15) is 5.82 Å². The normalized spacial score (nSPS) is 16.2. The minimum absolute atomic E-state index is 0.0446. The molecule has 0 radical (unpaired) electrons. The zero-order valence-electron chi connectivity index (χ0n) is 16.0. The highest BCUT2D eigenvalue weighted by Gasteiger charge is 2.21. The first-order valence-electron chi connectivity index (χ1n) is 9.44. The van der Waals surface area contributed by atoms with E-state index in [-0.39, 0.29) is 11.7 Å². The van der Waals surface area contributed by atoms with E-state index < -0.39 is 0 Å². The second-order valence-corrected chi connectivity index (χ2v) is 6.99. The molecule has 0 saturated carbocycles. The number of likely N-dealkylation sites (N-methyl/N-ethyl adjacent to an activating group) is 1. The fourth-order valence-corrected chi connectivity index (χ4v) is 3.34. The molecule has 1 saturated heterocycles. The van der Waals surface area contributed by atoms with Gasteiger partial charge in [-0.1, -0.05) is 17.7 Å². The van der Waals surface area contributed by atoms with Gasteiger partial charge in [0.15, 0.2) is 5.96 Å². The molecule has 0 bridgehead atoms. The molecule has 1 heterocycles. The van der Waals surface area contributed by atoms with Crippen LogP contribution < -0.4 is 16.0 Å². The Morgan fingerprint density at radius 3 is 2.74 bits per heavy atom. The number of carbonyl (C=O) groups excluding carboxylic acids is 1. The lowest BCUT2D eigenvalue weighted by atomic mass is 10.1. The predicted octanol–water partition coefficient (Wildman–Crippen LogP) is 1.79. The van der Waals surface area contributed by atoms with E-state index in [1.165, 1.54) is 6.07 Å². The summed E-state index contributed by atoms with van der Waals surface area (Å²) in [5.41, 5.74) is 0.501. The van der Waals surface area contributed by atoms with Crippen LogP contribution in [0.3, 0.4) is 0 Å². The lowest BCUT2D eigenvalue weighted by Crippen LogP contribution is -2.50. The van der Waals surface area contributed by atoms with Crippen molar-refractivity contribution in [2.24, 2.45) is 4.99 Å². The second kappa shape index (κ2) is 11.1. The molecule has 0 aromatic heterocycles. The van der Waals surface area contributed by atoms with Gasteiger partial charge >= 0.3 is 0 Å². The summed E-state index contributed by atoms with van der Waals surface area (Å²) in [5, 5.41) is 9.77. The Morgan fingerprint density at radius 2 is 2.11 bits per heavy atom. The SMILES string of the molecule is CCNC(=NCCc1c(F)cccc1Cl)NC1CCN(CC(=O)NC)CC1. The number of piperidine rings is 1. The lowest BCUT2D eigenvalue weighted by molar-refractivity contribution is -0.122. The summed E-state index contributed by atoms with van der Waals surface area (Å²) in [5.74, 6) is 0.483. The Balaban J connectivity index is 1.84. The number of amides is 1. The van der Waals surface area contributed by atoms with Crippen molar-refractivity contribution in [3.63, 3.8) is 0 Å². The smallest absolute Gasteiger partial charge is 0.233 e. The molecule has 27 heavy (non-hydrogen) atoms. The van der Waals surface area contributed by atoms with Crippen LogP contribution in [0.2, 0.25) is 5.02 Å². The Hall–Kier alpha value is -1.86. The predicted molar refractivity (Wildman–Crippen MR) is 108 cm³/mol. The lowest BCUT2D eigenvalue weighted by Gasteiger charge is -2.32. The van der Waals surface area contributed by atoms with Crippen molar-refractivity contribution in [2.75, 3.05) is 39.8 Å². The van der Waals surface area contributed by atoms with Crippen molar-refractivity contribution < 1.29 is 9.18 Å². The van der Waals surface area contributed by atoms with Crippen LogP contribution in [0, 0.1) is 5.82 Å². The molecule has 1 aliphatic heterocycles. The van der Waals surface area contributed by atoms with Gasteiger partial charge in [0, 0.05) is 49.9 Å². The van der Waals surface area contributed by atoms with E-state index in [4.69, 9.17) is 11.6 Å². The molecule has 1 aromatic carbocycles. The molecule has 1 aromatic rings. The summed E-state index contributed by atoms with van der Waals surface area (Å²) in [6.45, 7) is 5.40. The van der Waals surface area contributed by atoms with Crippen LogP contribution in [-0.2, 0) is 11.2 Å². The highest BCUT2D eigenvalue weighted by molar-refractivity contribution is 6.31. The molecule has 2 rings (SSSR count). The van der Waals surface area contributed by atoms with Gasteiger partial charge in [0.2, 0.25) is 5.91 Å². The van der Waals surface area contributed by atoms with Gasteiger partial charge in [0.05, 0.1) is 6.54 Å². The Morgan fingerprint density at radius 1 is 1.37 bits per heavy atom. The minimum Gasteiger partial charge on any atom is -0.358 e. The summed E-state index contributed by atoms with van der Waals surface area (Å²) in [6.07, 6.45) is 2.34. The third-order valence-electron chi connectivity index (χ3n) is 4.61. The van der Waals surface area contributed by atoms with E-state index in [9.17, 15) is 9.18 Å². The number of halogens is 2. The second-order valence-electron chi connectivity index (χ2n) is 6.58. The maximum Gasteiger partial charge on any atom is 0.233 e. The van der Waals surface area contributed by atoms with E-state index >= 15 is 0 Å². The Bertz CT molecular complexity index is 627. The van der Waals surface area contributed by atoms with E-state index in [0.29, 0.717) is 36.1 Å². The van der Waals surface area contributed by atoms with Crippen molar-refractivity contribution >= 4 is 23.5 Å². The highest BCUT2D eigenvalue weighted by Crippen LogP contribution is 2.19. The fraction of sp³-hybridized carbons (Fsp3) is 0.579. The van der Waals surface area contributed by atoms with Crippen molar-refractivity contribution in [1.82, 2.24) is 20.9 Å². The van der Waals surface area contributed by atoms with Crippen LogP contribution in [0.4, 0.5) is 4.39 Å². The van der Waals surface area contributed by atoms with Gasteiger partial charge in [-0.2, -0.15) is 0 Å². The molecule has 0 aliphatic carbocycles. The molecule has 0 atom stereocenters. The number of nitrogens with one attached hydrogen (secondary N) is 3. The van der Waals surface area contributed by atoms with Crippen LogP contribution in [0.15, 0.2) is 23.2 Å². The molecule has 0 spiro atoms. The van der Waals surface area contributed by atoms with E-state index in [2.05, 4.69) is 25.8 Å². The molecular weight excluding hydrogens is 369 g/mol. The first kappa shape index (κ1) is 21.4. The molecule has 150 valence electrons. The van der Waals surface area contributed by atoms with E-state index in [0.717, 1.165) is 38.4 Å². The number of aliphatic imine (C=N–C) groups is 1. The number of nitrogens with zero attached hydrogens (tertiary/aromatic N) is 2. The van der Waals surface area contributed by atoms with Crippen LogP contribution in [0.5, 0.6) is 0 Å². The molecule has 1 aliphatic rings. The summed E-state index contributed by atoms with van der Waals surface area (Å²) in [4.78, 5) is 18.2. The maximum absolute atomic E-state index is 13.9. The highest BCUT2D eigenvalue weighted by atomic mass is 35.5. The molecule has 1 amide bonds. The Labute approximate surface area is 165 Å². The maximum atomic E-state index is 13.9. The first-order chi connectivity index (χ1) is 13.0. The van der Waals surface area contributed by atoms with Crippen molar-refractivity contribution in [1.29, 1.82) is 0 Å².